The van der Waals surface area contributed by atoms with Gasteiger partial charge in [-0.1, -0.05) is 71.9 Å². The second kappa shape index (κ2) is 8.55. The number of carbonyl (C=O) groups is 2. The third-order valence-corrected chi connectivity index (χ3v) is 5.86. The number of thioether (sulfide) groups is 1. The Labute approximate surface area is 178 Å². The summed E-state index contributed by atoms with van der Waals surface area (Å²) in [6.45, 7) is 0.447. The van der Waals surface area contributed by atoms with Crippen molar-refractivity contribution >= 4 is 46.9 Å². The van der Waals surface area contributed by atoms with Crippen molar-refractivity contribution in [2.24, 2.45) is 0 Å². The molecule has 3 aromatic carbocycles. The molecule has 2 amide bonds. The first-order valence-electron chi connectivity index (χ1n) is 9.02. The van der Waals surface area contributed by atoms with E-state index >= 15 is 0 Å². The molecule has 2 N–H and O–H groups in total. The molecular weight excluding hydrogens is 404 g/mol. The van der Waals surface area contributed by atoms with Crippen LogP contribution in [0.3, 0.4) is 0 Å². The summed E-state index contributed by atoms with van der Waals surface area (Å²) in [5, 5.41) is 6.35. The van der Waals surface area contributed by atoms with E-state index in [2.05, 4.69) is 10.6 Å². The van der Waals surface area contributed by atoms with E-state index in [1.165, 1.54) is 11.8 Å². The molecule has 0 fully saturated rings. The van der Waals surface area contributed by atoms with Gasteiger partial charge in [0.05, 0.1) is 10.6 Å². The fourth-order valence-electron chi connectivity index (χ4n) is 2.92. The molecule has 0 bridgehead atoms. The maximum absolute atomic E-state index is 12.5. The maximum Gasteiger partial charge on any atom is 0.262 e. The van der Waals surface area contributed by atoms with Crippen molar-refractivity contribution in [3.05, 3.63) is 99.4 Å². The van der Waals surface area contributed by atoms with Gasteiger partial charge < -0.3 is 10.6 Å². The van der Waals surface area contributed by atoms with Gasteiger partial charge in [-0.05, 0) is 41.5 Å². The van der Waals surface area contributed by atoms with E-state index in [9.17, 15) is 9.59 Å². The van der Waals surface area contributed by atoms with E-state index in [1.807, 2.05) is 54.6 Å². The normalized spacial score (nSPS) is 14.2. The molecule has 1 heterocycles. The number of carbonyl (C=O) groups excluding carboxylic acids is 2. The molecule has 0 saturated carbocycles. The van der Waals surface area contributed by atoms with Crippen LogP contribution in [0, 0.1) is 0 Å². The highest BCUT2D eigenvalue weighted by molar-refractivity contribution is 8.04. The number of anilines is 1. The molecule has 3 aromatic rings. The van der Waals surface area contributed by atoms with Gasteiger partial charge in [0, 0.05) is 22.0 Å². The number of fused-ring (bicyclic) bond motifs is 1. The summed E-state index contributed by atoms with van der Waals surface area (Å²) in [5.74, 6) is -0.405. The lowest BCUT2D eigenvalue weighted by molar-refractivity contribution is -0.112. The van der Waals surface area contributed by atoms with Gasteiger partial charge in [0.1, 0.15) is 0 Å². The Morgan fingerprint density at radius 3 is 2.59 bits per heavy atom. The summed E-state index contributed by atoms with van der Waals surface area (Å²) in [5.41, 5.74) is 2.94. The van der Waals surface area contributed by atoms with Crippen molar-refractivity contribution in [2.75, 3.05) is 5.32 Å². The summed E-state index contributed by atoms with van der Waals surface area (Å²) >= 11 is 7.55. The molecule has 0 unspecified atom stereocenters. The van der Waals surface area contributed by atoms with Crippen LogP contribution in [-0.2, 0) is 11.3 Å². The van der Waals surface area contributed by atoms with Gasteiger partial charge in [-0.15, -0.1) is 0 Å². The Hall–Kier alpha value is -3.02. The number of nitrogens with one attached hydrogen (secondary N) is 2. The first kappa shape index (κ1) is 19.3. The summed E-state index contributed by atoms with van der Waals surface area (Å²) in [4.78, 5) is 26.4. The van der Waals surface area contributed by atoms with Crippen molar-refractivity contribution in [2.45, 2.75) is 11.4 Å². The largest absolute Gasteiger partial charge is 0.348 e. The lowest BCUT2D eigenvalue weighted by atomic mass is 10.1. The van der Waals surface area contributed by atoms with Crippen LogP contribution >= 0.6 is 23.4 Å². The Kier molecular flexibility index (Phi) is 5.69. The van der Waals surface area contributed by atoms with Crippen LogP contribution < -0.4 is 10.6 Å². The second-order valence-electron chi connectivity index (χ2n) is 6.47. The van der Waals surface area contributed by atoms with E-state index in [0.29, 0.717) is 27.7 Å². The summed E-state index contributed by atoms with van der Waals surface area (Å²) < 4.78 is 0. The maximum atomic E-state index is 12.5. The van der Waals surface area contributed by atoms with Crippen LogP contribution in [0.1, 0.15) is 21.5 Å². The Morgan fingerprint density at radius 1 is 1.03 bits per heavy atom. The smallest absolute Gasteiger partial charge is 0.262 e. The van der Waals surface area contributed by atoms with Gasteiger partial charge >= 0.3 is 0 Å². The lowest BCUT2D eigenvalue weighted by Gasteiger charge is -2.19. The molecule has 4 rings (SSSR count). The number of halogens is 1. The van der Waals surface area contributed by atoms with Crippen LogP contribution in [-0.4, -0.2) is 11.8 Å². The predicted molar refractivity (Wildman–Crippen MR) is 118 cm³/mol. The van der Waals surface area contributed by atoms with Crippen LogP contribution in [0.5, 0.6) is 0 Å². The Bertz CT molecular complexity index is 1110. The molecule has 0 aliphatic carbocycles. The fraction of sp³-hybridized carbons (Fsp3) is 0.0435. The molecule has 0 radical (unpaired) electrons. The van der Waals surface area contributed by atoms with Crippen LogP contribution in [0.25, 0.3) is 6.08 Å². The minimum absolute atomic E-state index is 0.187. The van der Waals surface area contributed by atoms with E-state index in [0.717, 1.165) is 16.0 Å². The third kappa shape index (κ3) is 4.53. The number of amides is 2. The number of hydrogen-bond donors (Lipinski definition) is 2. The molecular formula is C23H17ClN2O2S. The topological polar surface area (TPSA) is 58.2 Å². The average Bonchev–Trinajstić information content (AvgIpc) is 2.74. The van der Waals surface area contributed by atoms with Gasteiger partial charge in [-0.2, -0.15) is 0 Å². The molecule has 0 spiro atoms. The highest BCUT2D eigenvalue weighted by Crippen LogP contribution is 2.39. The summed E-state index contributed by atoms with van der Waals surface area (Å²) in [6.07, 6.45) is 1.77. The molecule has 6 heteroatoms. The van der Waals surface area contributed by atoms with Gasteiger partial charge in [-0.3, -0.25) is 9.59 Å². The quantitative estimate of drug-likeness (QED) is 0.559. The average molecular weight is 421 g/mol. The Morgan fingerprint density at radius 2 is 1.79 bits per heavy atom. The highest BCUT2D eigenvalue weighted by Gasteiger charge is 2.22. The van der Waals surface area contributed by atoms with Gasteiger partial charge in [-0.25, -0.2) is 0 Å². The molecule has 144 valence electrons. The highest BCUT2D eigenvalue weighted by atomic mass is 35.5. The minimum Gasteiger partial charge on any atom is -0.348 e. The number of hydrogen-bond acceptors (Lipinski definition) is 3. The Balaban J connectivity index is 1.50. The van der Waals surface area contributed by atoms with Crippen molar-refractivity contribution in [1.82, 2.24) is 5.32 Å². The SMILES string of the molecule is O=C1Nc2cc(C(=O)NCc3ccccc3)ccc2SC1=Cc1ccccc1Cl. The predicted octanol–water partition coefficient (Wildman–Crippen LogP) is 5.36. The van der Waals surface area contributed by atoms with Crippen LogP contribution in [0.4, 0.5) is 5.69 Å². The number of benzene rings is 3. The molecule has 1 aliphatic heterocycles. The molecule has 1 aliphatic rings. The summed E-state index contributed by atoms with van der Waals surface area (Å²) in [7, 11) is 0. The molecule has 4 nitrogen and oxygen atoms in total. The van der Waals surface area contributed by atoms with Crippen molar-refractivity contribution in [3.63, 3.8) is 0 Å². The number of rotatable bonds is 4. The minimum atomic E-state index is -0.218. The molecule has 29 heavy (non-hydrogen) atoms. The van der Waals surface area contributed by atoms with Gasteiger partial charge in [0.2, 0.25) is 0 Å². The zero-order chi connectivity index (χ0) is 20.2. The monoisotopic (exact) mass is 420 g/mol. The van der Waals surface area contributed by atoms with Gasteiger partial charge in [0.15, 0.2) is 0 Å². The zero-order valence-electron chi connectivity index (χ0n) is 15.3. The first-order chi connectivity index (χ1) is 14.1. The van der Waals surface area contributed by atoms with E-state index in [4.69, 9.17) is 11.6 Å². The summed E-state index contributed by atoms with van der Waals surface area (Å²) in [6, 6.07) is 22.4. The van der Waals surface area contributed by atoms with E-state index < -0.39 is 0 Å². The fourth-order valence-corrected chi connectivity index (χ4v) is 4.03. The van der Waals surface area contributed by atoms with Crippen molar-refractivity contribution < 1.29 is 9.59 Å². The molecule has 0 aromatic heterocycles. The van der Waals surface area contributed by atoms with Crippen molar-refractivity contribution in [1.29, 1.82) is 0 Å². The van der Waals surface area contributed by atoms with Crippen LogP contribution in [0.2, 0.25) is 5.02 Å². The van der Waals surface area contributed by atoms with E-state index in [1.54, 1.807) is 24.3 Å². The van der Waals surface area contributed by atoms with Crippen molar-refractivity contribution in [3.8, 4) is 0 Å². The zero-order valence-corrected chi connectivity index (χ0v) is 16.9. The van der Waals surface area contributed by atoms with E-state index in [-0.39, 0.29) is 11.8 Å². The molecule has 0 atom stereocenters. The first-order valence-corrected chi connectivity index (χ1v) is 10.2. The lowest BCUT2D eigenvalue weighted by Crippen LogP contribution is -2.23. The third-order valence-electron chi connectivity index (χ3n) is 4.42. The van der Waals surface area contributed by atoms with Crippen LogP contribution in [0.15, 0.2) is 82.6 Å². The second-order valence-corrected chi connectivity index (χ2v) is 7.96. The molecule has 0 saturated heterocycles. The standard InChI is InChI=1S/C23H17ClN2O2S/c24-18-9-5-4-8-16(18)13-21-23(28)26-19-12-17(10-11-20(19)29-21)22(27)25-14-15-6-2-1-3-7-15/h1-13H,14H2,(H,25,27)(H,26,28). The van der Waals surface area contributed by atoms with Gasteiger partial charge in [0.25, 0.3) is 11.8 Å².